The molecule has 0 unspecified atom stereocenters. The molecule has 20 heavy (non-hydrogen) atoms. The van der Waals surface area contributed by atoms with Gasteiger partial charge in [0.1, 0.15) is 11.6 Å². The standard InChI is InChI=1S/C11H8BrClF2N4O/c1-2-20-11-18-9(13)17-10(19-11)16-8-4-6(14)5(12)3-7(8)15/h3-4H,2H2,1H3,(H,16,17,18,19). The quantitative estimate of drug-likeness (QED) is 0.837. The maximum Gasteiger partial charge on any atom is 0.322 e. The molecule has 5 nitrogen and oxygen atoms in total. The van der Waals surface area contributed by atoms with Crippen LogP contribution in [0.4, 0.5) is 20.4 Å². The highest BCUT2D eigenvalue weighted by Gasteiger charge is 2.11. The molecule has 0 amide bonds. The van der Waals surface area contributed by atoms with Gasteiger partial charge in [-0.2, -0.15) is 15.0 Å². The number of nitrogens with zero attached hydrogens (tertiary/aromatic N) is 3. The Morgan fingerprint density at radius 2 is 2.00 bits per heavy atom. The zero-order chi connectivity index (χ0) is 14.7. The molecular weight excluding hydrogens is 358 g/mol. The average Bonchev–Trinajstić information content (AvgIpc) is 2.35. The van der Waals surface area contributed by atoms with Gasteiger partial charge in [0.05, 0.1) is 16.8 Å². The summed E-state index contributed by atoms with van der Waals surface area (Å²) in [5, 5.41) is 2.40. The van der Waals surface area contributed by atoms with Crippen molar-refractivity contribution >= 4 is 39.2 Å². The molecule has 0 aliphatic carbocycles. The summed E-state index contributed by atoms with van der Waals surface area (Å²) in [6, 6.07) is 1.95. The van der Waals surface area contributed by atoms with E-state index < -0.39 is 11.6 Å². The lowest BCUT2D eigenvalue weighted by Crippen LogP contribution is -2.05. The second-order valence-corrected chi connectivity index (χ2v) is 4.71. The van der Waals surface area contributed by atoms with Crippen molar-refractivity contribution in [3.05, 3.63) is 33.5 Å². The number of nitrogens with one attached hydrogen (secondary N) is 1. The molecular formula is C11H8BrClF2N4O. The third-order valence-corrected chi connectivity index (χ3v) is 2.89. The summed E-state index contributed by atoms with van der Waals surface area (Å²) in [4.78, 5) is 11.4. The molecule has 106 valence electrons. The van der Waals surface area contributed by atoms with Gasteiger partial charge in [0.2, 0.25) is 11.2 Å². The number of hydrogen-bond donors (Lipinski definition) is 1. The van der Waals surface area contributed by atoms with Crippen LogP contribution in [0.25, 0.3) is 0 Å². The maximum atomic E-state index is 13.7. The molecule has 1 aromatic heterocycles. The van der Waals surface area contributed by atoms with E-state index in [1.807, 2.05) is 0 Å². The van der Waals surface area contributed by atoms with Crippen LogP contribution in [0.3, 0.4) is 0 Å². The summed E-state index contributed by atoms with van der Waals surface area (Å²) >= 11 is 8.57. The van der Waals surface area contributed by atoms with E-state index in [-0.39, 0.29) is 27.4 Å². The minimum Gasteiger partial charge on any atom is -0.464 e. The summed E-state index contributed by atoms with van der Waals surface area (Å²) in [5.41, 5.74) is -0.129. The molecule has 1 heterocycles. The van der Waals surface area contributed by atoms with Crippen LogP contribution in [0.2, 0.25) is 5.28 Å². The van der Waals surface area contributed by atoms with Crippen LogP contribution in [-0.2, 0) is 0 Å². The number of rotatable bonds is 4. The van der Waals surface area contributed by atoms with Crippen molar-refractivity contribution in [2.45, 2.75) is 6.92 Å². The van der Waals surface area contributed by atoms with Gasteiger partial charge in [-0.05, 0) is 40.5 Å². The normalized spacial score (nSPS) is 10.4. The van der Waals surface area contributed by atoms with Crippen LogP contribution in [0, 0.1) is 11.6 Å². The Bertz CT molecular complexity index is 644. The number of hydrogen-bond acceptors (Lipinski definition) is 5. The highest BCUT2D eigenvalue weighted by molar-refractivity contribution is 9.10. The van der Waals surface area contributed by atoms with Gasteiger partial charge >= 0.3 is 6.01 Å². The molecule has 1 N–H and O–H groups in total. The molecule has 0 radical (unpaired) electrons. The Balaban J connectivity index is 2.32. The number of aromatic nitrogens is 3. The van der Waals surface area contributed by atoms with E-state index in [1.54, 1.807) is 6.92 Å². The Hall–Kier alpha value is -1.54. The molecule has 0 fully saturated rings. The Kier molecular flexibility index (Phi) is 4.66. The summed E-state index contributed by atoms with van der Waals surface area (Å²) in [6.07, 6.45) is 0. The van der Waals surface area contributed by atoms with E-state index in [0.717, 1.165) is 12.1 Å². The van der Waals surface area contributed by atoms with Crippen molar-refractivity contribution in [2.24, 2.45) is 0 Å². The zero-order valence-electron chi connectivity index (χ0n) is 10.1. The monoisotopic (exact) mass is 364 g/mol. The van der Waals surface area contributed by atoms with Crippen LogP contribution in [0.15, 0.2) is 16.6 Å². The van der Waals surface area contributed by atoms with Gasteiger partial charge in [-0.25, -0.2) is 8.78 Å². The maximum absolute atomic E-state index is 13.7. The molecule has 0 bridgehead atoms. The minimum atomic E-state index is -0.673. The van der Waals surface area contributed by atoms with Crippen LogP contribution in [-0.4, -0.2) is 21.6 Å². The molecule has 1 aromatic carbocycles. The predicted octanol–water partition coefficient (Wildman–Crippen LogP) is 3.71. The second-order valence-electron chi connectivity index (χ2n) is 3.51. The van der Waals surface area contributed by atoms with Gasteiger partial charge in [-0.1, -0.05) is 0 Å². The number of ether oxygens (including phenoxy) is 1. The Labute approximate surface area is 126 Å². The highest BCUT2D eigenvalue weighted by Crippen LogP contribution is 2.25. The molecule has 0 aliphatic heterocycles. The summed E-state index contributed by atoms with van der Waals surface area (Å²) in [5.74, 6) is -1.35. The van der Waals surface area contributed by atoms with Gasteiger partial charge in [-0.3, -0.25) is 0 Å². The number of anilines is 2. The molecule has 0 spiro atoms. The van der Waals surface area contributed by atoms with Crippen LogP contribution in [0.5, 0.6) is 6.01 Å². The lowest BCUT2D eigenvalue weighted by Gasteiger charge is -2.08. The van der Waals surface area contributed by atoms with Crippen LogP contribution < -0.4 is 10.1 Å². The Morgan fingerprint density at radius 1 is 1.25 bits per heavy atom. The van der Waals surface area contributed by atoms with Crippen molar-refractivity contribution in [1.82, 2.24) is 15.0 Å². The topological polar surface area (TPSA) is 59.9 Å². The largest absolute Gasteiger partial charge is 0.464 e. The van der Waals surface area contributed by atoms with E-state index in [0.29, 0.717) is 6.61 Å². The lowest BCUT2D eigenvalue weighted by atomic mass is 10.3. The van der Waals surface area contributed by atoms with E-state index in [2.05, 4.69) is 36.2 Å². The van der Waals surface area contributed by atoms with Crippen molar-refractivity contribution < 1.29 is 13.5 Å². The van der Waals surface area contributed by atoms with E-state index >= 15 is 0 Å². The van der Waals surface area contributed by atoms with Crippen molar-refractivity contribution in [2.75, 3.05) is 11.9 Å². The fourth-order valence-corrected chi connectivity index (χ4v) is 1.79. The molecule has 2 rings (SSSR count). The summed E-state index contributed by atoms with van der Waals surface area (Å²) in [7, 11) is 0. The number of benzene rings is 1. The third kappa shape index (κ3) is 3.51. The van der Waals surface area contributed by atoms with Gasteiger partial charge in [-0.15, -0.1) is 0 Å². The lowest BCUT2D eigenvalue weighted by molar-refractivity contribution is 0.312. The van der Waals surface area contributed by atoms with Gasteiger partial charge < -0.3 is 10.1 Å². The molecule has 2 aromatic rings. The highest BCUT2D eigenvalue weighted by atomic mass is 79.9. The first kappa shape index (κ1) is 14.9. The van der Waals surface area contributed by atoms with Crippen molar-refractivity contribution in [1.29, 1.82) is 0 Å². The molecule has 0 saturated heterocycles. The minimum absolute atomic E-state index is 0.00649. The predicted molar refractivity (Wildman–Crippen MR) is 73.3 cm³/mol. The van der Waals surface area contributed by atoms with E-state index in [4.69, 9.17) is 16.3 Å². The van der Waals surface area contributed by atoms with E-state index in [1.165, 1.54) is 0 Å². The fourth-order valence-electron chi connectivity index (χ4n) is 1.32. The molecule has 0 saturated carbocycles. The van der Waals surface area contributed by atoms with Gasteiger partial charge in [0.15, 0.2) is 0 Å². The Morgan fingerprint density at radius 3 is 2.70 bits per heavy atom. The third-order valence-electron chi connectivity index (χ3n) is 2.12. The molecule has 0 aliphatic rings. The zero-order valence-corrected chi connectivity index (χ0v) is 12.5. The first-order valence-electron chi connectivity index (χ1n) is 5.45. The molecule has 9 heteroatoms. The van der Waals surface area contributed by atoms with Gasteiger partial charge in [0.25, 0.3) is 0 Å². The van der Waals surface area contributed by atoms with E-state index in [9.17, 15) is 8.78 Å². The average molecular weight is 366 g/mol. The smallest absolute Gasteiger partial charge is 0.322 e. The fraction of sp³-hybridized carbons (Fsp3) is 0.182. The first-order valence-corrected chi connectivity index (χ1v) is 6.62. The summed E-state index contributed by atoms with van der Waals surface area (Å²) in [6.45, 7) is 2.08. The van der Waals surface area contributed by atoms with Crippen LogP contribution >= 0.6 is 27.5 Å². The van der Waals surface area contributed by atoms with Crippen molar-refractivity contribution in [3.63, 3.8) is 0 Å². The van der Waals surface area contributed by atoms with Crippen molar-refractivity contribution in [3.8, 4) is 6.01 Å². The van der Waals surface area contributed by atoms with Gasteiger partial charge in [0, 0.05) is 6.07 Å². The van der Waals surface area contributed by atoms with Crippen LogP contribution in [0.1, 0.15) is 6.92 Å². The summed E-state index contributed by atoms with van der Waals surface area (Å²) < 4.78 is 32.1. The number of halogens is 4. The first-order chi connectivity index (χ1) is 9.49. The SMILES string of the molecule is CCOc1nc(Cl)nc(Nc2cc(F)c(Br)cc2F)n1. The second kappa shape index (κ2) is 6.27. The molecule has 0 atom stereocenters.